The van der Waals surface area contributed by atoms with Crippen LogP contribution in [-0.2, 0) is 16.1 Å². The maximum absolute atomic E-state index is 10.7. The molecule has 104 valence electrons. The Morgan fingerprint density at radius 2 is 2.21 bits per heavy atom. The van der Waals surface area contributed by atoms with Gasteiger partial charge in [0.15, 0.2) is 5.71 Å². The third-order valence-electron chi connectivity index (χ3n) is 2.59. The van der Waals surface area contributed by atoms with Crippen molar-refractivity contribution in [2.45, 2.75) is 26.2 Å². The Labute approximate surface area is 112 Å². The number of benzene rings is 1. The summed E-state index contributed by atoms with van der Waals surface area (Å²) < 4.78 is 5.14. The molecule has 0 saturated carbocycles. The predicted octanol–water partition coefficient (Wildman–Crippen LogP) is 2.50. The number of carboxylic acid groups (broad SMARTS) is 1. The molecule has 0 unspecified atom stereocenters. The third kappa shape index (κ3) is 5.42. The van der Waals surface area contributed by atoms with Gasteiger partial charge in [0.05, 0.1) is 7.11 Å². The van der Waals surface area contributed by atoms with Crippen molar-refractivity contribution in [3.8, 4) is 5.75 Å². The highest BCUT2D eigenvalue weighted by Crippen LogP contribution is 2.13. The predicted molar refractivity (Wildman–Crippen MR) is 72.6 cm³/mol. The zero-order valence-electron chi connectivity index (χ0n) is 11.3. The molecule has 0 heterocycles. The van der Waals surface area contributed by atoms with E-state index in [2.05, 4.69) is 5.16 Å². The maximum Gasteiger partial charge on any atom is 0.353 e. The second-order valence-corrected chi connectivity index (χ2v) is 3.98. The molecule has 0 aliphatic heterocycles. The molecule has 0 radical (unpaired) electrons. The topological polar surface area (TPSA) is 68.1 Å². The van der Waals surface area contributed by atoms with E-state index in [1.807, 2.05) is 24.3 Å². The summed E-state index contributed by atoms with van der Waals surface area (Å²) in [6, 6.07) is 7.82. The minimum atomic E-state index is -1.03. The van der Waals surface area contributed by atoms with E-state index in [1.165, 1.54) is 0 Å². The molecule has 0 bridgehead atoms. The van der Waals surface area contributed by atoms with Gasteiger partial charge in [0, 0.05) is 0 Å². The third-order valence-corrected chi connectivity index (χ3v) is 2.59. The molecule has 19 heavy (non-hydrogen) atoms. The molecule has 5 heteroatoms. The minimum Gasteiger partial charge on any atom is -0.497 e. The van der Waals surface area contributed by atoms with Crippen LogP contribution >= 0.6 is 0 Å². The van der Waals surface area contributed by atoms with Crippen LogP contribution in [0, 0.1) is 0 Å². The van der Waals surface area contributed by atoms with Crippen LogP contribution in [0.15, 0.2) is 29.4 Å². The number of rotatable bonds is 8. The van der Waals surface area contributed by atoms with E-state index in [1.54, 1.807) is 14.0 Å². The van der Waals surface area contributed by atoms with Gasteiger partial charge in [-0.2, -0.15) is 0 Å². The fraction of sp³-hybridized carbons (Fsp3) is 0.429. The van der Waals surface area contributed by atoms with Crippen LogP contribution in [-0.4, -0.2) is 30.5 Å². The quantitative estimate of drug-likeness (QED) is 0.445. The first-order valence-corrected chi connectivity index (χ1v) is 6.22. The molecule has 0 aromatic heterocycles. The van der Waals surface area contributed by atoms with Gasteiger partial charge in [-0.3, -0.25) is 0 Å². The number of hydrogen-bond acceptors (Lipinski definition) is 4. The molecule has 1 rings (SSSR count). The van der Waals surface area contributed by atoms with Gasteiger partial charge in [0.25, 0.3) is 0 Å². The van der Waals surface area contributed by atoms with Gasteiger partial charge in [-0.25, -0.2) is 4.79 Å². The second-order valence-electron chi connectivity index (χ2n) is 3.98. The molecule has 0 spiro atoms. The number of carboxylic acids is 1. The maximum atomic E-state index is 10.7. The molecule has 0 saturated heterocycles. The summed E-state index contributed by atoms with van der Waals surface area (Å²) in [7, 11) is 1.63. The molecular formula is C14H19NO4. The van der Waals surface area contributed by atoms with Crippen molar-refractivity contribution in [2.75, 3.05) is 13.7 Å². The molecule has 0 amide bonds. The van der Waals surface area contributed by atoms with Crippen molar-refractivity contribution in [2.24, 2.45) is 5.16 Å². The first-order chi connectivity index (χ1) is 9.17. The van der Waals surface area contributed by atoms with Crippen molar-refractivity contribution in [3.05, 3.63) is 29.8 Å². The fourth-order valence-corrected chi connectivity index (χ4v) is 1.55. The molecule has 0 fully saturated rings. The average molecular weight is 265 g/mol. The molecule has 0 aliphatic carbocycles. The van der Waals surface area contributed by atoms with E-state index < -0.39 is 5.97 Å². The van der Waals surface area contributed by atoms with Gasteiger partial charge >= 0.3 is 5.97 Å². The van der Waals surface area contributed by atoms with Crippen molar-refractivity contribution in [1.82, 2.24) is 0 Å². The zero-order valence-corrected chi connectivity index (χ0v) is 11.3. The van der Waals surface area contributed by atoms with Crippen LogP contribution in [0.3, 0.4) is 0 Å². The van der Waals surface area contributed by atoms with Crippen LogP contribution < -0.4 is 4.74 Å². The molecule has 1 aromatic rings. The zero-order chi connectivity index (χ0) is 14.1. The van der Waals surface area contributed by atoms with E-state index in [4.69, 9.17) is 14.7 Å². The number of aliphatic carboxylic acids is 1. The van der Waals surface area contributed by atoms with Gasteiger partial charge < -0.3 is 14.7 Å². The van der Waals surface area contributed by atoms with Gasteiger partial charge in [-0.1, -0.05) is 24.2 Å². The highest BCUT2D eigenvalue weighted by molar-refractivity contribution is 6.35. The van der Waals surface area contributed by atoms with Crippen LogP contribution in [0.2, 0.25) is 0 Å². The Hall–Kier alpha value is -2.04. The SMILES string of the molecule is CCC(=NOCCCc1cccc(OC)c1)C(=O)O. The van der Waals surface area contributed by atoms with E-state index >= 15 is 0 Å². The number of hydrogen-bond donors (Lipinski definition) is 1. The normalized spacial score (nSPS) is 11.2. The summed E-state index contributed by atoms with van der Waals surface area (Å²) in [6.07, 6.45) is 1.96. The van der Waals surface area contributed by atoms with E-state index in [0.29, 0.717) is 13.0 Å². The highest BCUT2D eigenvalue weighted by atomic mass is 16.6. The first-order valence-electron chi connectivity index (χ1n) is 6.22. The number of nitrogens with zero attached hydrogens (tertiary/aromatic N) is 1. The Morgan fingerprint density at radius 3 is 2.84 bits per heavy atom. The summed E-state index contributed by atoms with van der Waals surface area (Å²) in [5, 5.41) is 12.3. The average Bonchev–Trinajstić information content (AvgIpc) is 2.42. The smallest absolute Gasteiger partial charge is 0.353 e. The molecule has 1 aromatic carbocycles. The summed E-state index contributed by atoms with van der Waals surface area (Å²) in [5.41, 5.74) is 1.20. The number of aryl methyl sites for hydroxylation is 1. The number of methoxy groups -OCH3 is 1. The Balaban J connectivity index is 2.32. The summed E-state index contributed by atoms with van der Waals surface area (Å²) in [5.74, 6) is -0.203. The molecule has 5 nitrogen and oxygen atoms in total. The van der Waals surface area contributed by atoms with Crippen molar-refractivity contribution in [3.63, 3.8) is 0 Å². The first kappa shape index (κ1) is 15.0. The molecular weight excluding hydrogens is 246 g/mol. The van der Waals surface area contributed by atoms with Gasteiger partial charge in [-0.15, -0.1) is 0 Å². The number of ether oxygens (including phenoxy) is 1. The molecule has 0 atom stereocenters. The molecule has 0 aliphatic rings. The summed E-state index contributed by atoms with van der Waals surface area (Å²) in [4.78, 5) is 15.7. The van der Waals surface area contributed by atoms with E-state index in [0.717, 1.165) is 24.2 Å². The van der Waals surface area contributed by atoms with Crippen LogP contribution in [0.4, 0.5) is 0 Å². The number of oxime groups is 1. The number of carbonyl (C=O) groups is 1. The van der Waals surface area contributed by atoms with Gasteiger partial charge in [0.2, 0.25) is 0 Å². The van der Waals surface area contributed by atoms with Crippen molar-refractivity contribution < 1.29 is 19.5 Å². The lowest BCUT2D eigenvalue weighted by molar-refractivity contribution is -0.129. The largest absolute Gasteiger partial charge is 0.497 e. The Kier molecular flexibility index (Phi) is 6.43. The Morgan fingerprint density at radius 1 is 1.42 bits per heavy atom. The van der Waals surface area contributed by atoms with Gasteiger partial charge in [0.1, 0.15) is 12.4 Å². The summed E-state index contributed by atoms with van der Waals surface area (Å²) >= 11 is 0. The van der Waals surface area contributed by atoms with Crippen LogP contribution in [0.5, 0.6) is 5.75 Å². The fourth-order valence-electron chi connectivity index (χ4n) is 1.55. The highest BCUT2D eigenvalue weighted by Gasteiger charge is 2.06. The van der Waals surface area contributed by atoms with Crippen molar-refractivity contribution >= 4 is 11.7 Å². The summed E-state index contributed by atoms with van der Waals surface area (Å²) in [6.45, 7) is 2.13. The van der Waals surface area contributed by atoms with Crippen LogP contribution in [0.25, 0.3) is 0 Å². The molecule has 1 N–H and O–H groups in total. The van der Waals surface area contributed by atoms with Crippen molar-refractivity contribution in [1.29, 1.82) is 0 Å². The van der Waals surface area contributed by atoms with E-state index in [-0.39, 0.29) is 5.71 Å². The van der Waals surface area contributed by atoms with E-state index in [9.17, 15) is 4.79 Å². The monoisotopic (exact) mass is 265 g/mol. The lowest BCUT2D eigenvalue weighted by Crippen LogP contribution is -2.12. The lowest BCUT2D eigenvalue weighted by Gasteiger charge is -2.04. The second kappa shape index (κ2) is 8.13. The van der Waals surface area contributed by atoms with Crippen LogP contribution in [0.1, 0.15) is 25.3 Å². The Bertz CT molecular complexity index is 443. The standard InChI is InChI=1S/C14H19NO4/c1-3-13(14(16)17)15-19-9-5-7-11-6-4-8-12(10-11)18-2/h4,6,8,10H,3,5,7,9H2,1-2H3,(H,16,17). The lowest BCUT2D eigenvalue weighted by atomic mass is 10.1. The minimum absolute atomic E-state index is 0.0429. The van der Waals surface area contributed by atoms with Gasteiger partial charge in [-0.05, 0) is 37.0 Å².